The average Bonchev–Trinajstić information content (AvgIpc) is 2.50. The number of carbonyl (C=O) groups excluding carboxylic acids is 1. The van der Waals surface area contributed by atoms with E-state index >= 15 is 0 Å². The number of hydrogen-bond donors (Lipinski definition) is 2. The quantitative estimate of drug-likeness (QED) is 0.594. The molecule has 0 saturated carbocycles. The fourth-order valence-corrected chi connectivity index (χ4v) is 1.68. The molecule has 4 nitrogen and oxygen atoms in total. The second-order valence-corrected chi connectivity index (χ2v) is 3.27. The molecule has 3 N–H and O–H groups in total. The minimum atomic E-state index is -0.228. The van der Waals surface area contributed by atoms with Gasteiger partial charge in [-0.1, -0.05) is 0 Å². The standard InChI is InChI=1S/C8H16N2O2/c1-5(12-2)6-3-10-4-7(6)8(9)11/h5-7,10H,3-4H2,1-2H3,(H2,9,11). The molecule has 70 valence electrons. The Labute approximate surface area is 72.5 Å². The van der Waals surface area contributed by atoms with E-state index in [1.807, 2.05) is 6.92 Å². The highest BCUT2D eigenvalue weighted by Crippen LogP contribution is 2.21. The number of rotatable bonds is 3. The summed E-state index contributed by atoms with van der Waals surface area (Å²) in [5.74, 6) is -0.0682. The number of nitrogens with two attached hydrogens (primary N) is 1. The molecule has 0 aromatic carbocycles. The third-order valence-corrected chi connectivity index (χ3v) is 2.60. The Morgan fingerprint density at radius 1 is 1.67 bits per heavy atom. The normalized spacial score (nSPS) is 31.8. The van der Waals surface area contributed by atoms with Gasteiger partial charge in [-0.25, -0.2) is 0 Å². The summed E-state index contributed by atoms with van der Waals surface area (Å²) < 4.78 is 5.17. The van der Waals surface area contributed by atoms with E-state index in [9.17, 15) is 4.79 Å². The largest absolute Gasteiger partial charge is 0.381 e. The van der Waals surface area contributed by atoms with Crippen molar-refractivity contribution in [3.8, 4) is 0 Å². The lowest BCUT2D eigenvalue weighted by atomic mass is 9.91. The molecule has 0 spiro atoms. The third kappa shape index (κ3) is 1.76. The van der Waals surface area contributed by atoms with Crippen LogP contribution in [-0.2, 0) is 9.53 Å². The first kappa shape index (κ1) is 9.48. The summed E-state index contributed by atoms with van der Waals surface area (Å²) in [7, 11) is 1.65. The van der Waals surface area contributed by atoms with Gasteiger partial charge in [-0.05, 0) is 6.92 Å². The summed E-state index contributed by atoms with van der Waals surface area (Å²) in [5.41, 5.74) is 5.25. The van der Waals surface area contributed by atoms with Crippen LogP contribution >= 0.6 is 0 Å². The topological polar surface area (TPSA) is 64.3 Å². The second kappa shape index (κ2) is 3.87. The van der Waals surface area contributed by atoms with Crippen LogP contribution in [0.1, 0.15) is 6.92 Å². The minimum absolute atomic E-state index is 0.0695. The van der Waals surface area contributed by atoms with E-state index in [0.717, 1.165) is 6.54 Å². The molecule has 0 radical (unpaired) electrons. The number of carbonyl (C=O) groups is 1. The van der Waals surface area contributed by atoms with Gasteiger partial charge in [-0.2, -0.15) is 0 Å². The Bertz CT molecular complexity index is 172. The van der Waals surface area contributed by atoms with Crippen molar-refractivity contribution in [2.75, 3.05) is 20.2 Å². The van der Waals surface area contributed by atoms with E-state index in [-0.39, 0.29) is 23.8 Å². The van der Waals surface area contributed by atoms with Crippen LogP contribution in [0, 0.1) is 11.8 Å². The van der Waals surface area contributed by atoms with Crippen LogP contribution in [0.3, 0.4) is 0 Å². The van der Waals surface area contributed by atoms with Crippen molar-refractivity contribution in [1.82, 2.24) is 5.32 Å². The maximum Gasteiger partial charge on any atom is 0.222 e. The first-order valence-electron chi connectivity index (χ1n) is 4.19. The molecule has 3 unspecified atom stereocenters. The average molecular weight is 172 g/mol. The lowest BCUT2D eigenvalue weighted by molar-refractivity contribution is -0.123. The first-order chi connectivity index (χ1) is 5.66. The van der Waals surface area contributed by atoms with Gasteiger partial charge in [0.25, 0.3) is 0 Å². The van der Waals surface area contributed by atoms with Gasteiger partial charge in [-0.15, -0.1) is 0 Å². The summed E-state index contributed by atoms with van der Waals surface area (Å²) in [4.78, 5) is 11.0. The van der Waals surface area contributed by atoms with Gasteiger partial charge >= 0.3 is 0 Å². The Kier molecular flexibility index (Phi) is 3.05. The molecule has 1 saturated heterocycles. The fraction of sp³-hybridized carbons (Fsp3) is 0.875. The van der Waals surface area contributed by atoms with Crippen LogP contribution in [0.15, 0.2) is 0 Å². The highest BCUT2D eigenvalue weighted by Gasteiger charge is 2.34. The van der Waals surface area contributed by atoms with Gasteiger partial charge in [0.2, 0.25) is 5.91 Å². The SMILES string of the molecule is COC(C)C1CNCC1C(N)=O. The zero-order valence-corrected chi connectivity index (χ0v) is 7.54. The van der Waals surface area contributed by atoms with Gasteiger partial charge in [-0.3, -0.25) is 4.79 Å². The number of amides is 1. The molecule has 12 heavy (non-hydrogen) atoms. The zero-order chi connectivity index (χ0) is 9.14. The molecule has 1 heterocycles. The summed E-state index contributed by atoms with van der Waals surface area (Å²) in [6.45, 7) is 3.48. The van der Waals surface area contributed by atoms with Gasteiger partial charge in [0, 0.05) is 26.1 Å². The van der Waals surface area contributed by atoms with E-state index in [4.69, 9.17) is 10.5 Å². The van der Waals surface area contributed by atoms with E-state index in [2.05, 4.69) is 5.32 Å². The second-order valence-electron chi connectivity index (χ2n) is 3.27. The van der Waals surface area contributed by atoms with Gasteiger partial charge in [0.05, 0.1) is 12.0 Å². The van der Waals surface area contributed by atoms with E-state index in [0.29, 0.717) is 6.54 Å². The van der Waals surface area contributed by atoms with Crippen molar-refractivity contribution in [3.05, 3.63) is 0 Å². The van der Waals surface area contributed by atoms with Crippen LogP contribution in [0.5, 0.6) is 0 Å². The highest BCUT2D eigenvalue weighted by atomic mass is 16.5. The smallest absolute Gasteiger partial charge is 0.222 e. The lowest BCUT2D eigenvalue weighted by Gasteiger charge is -2.21. The van der Waals surface area contributed by atoms with Crippen molar-refractivity contribution in [2.45, 2.75) is 13.0 Å². The number of primary amides is 1. The highest BCUT2D eigenvalue weighted by molar-refractivity contribution is 5.77. The van der Waals surface area contributed by atoms with Crippen LogP contribution < -0.4 is 11.1 Å². The zero-order valence-electron chi connectivity index (χ0n) is 7.54. The van der Waals surface area contributed by atoms with Gasteiger partial charge in [0.1, 0.15) is 0 Å². The molecule has 0 aromatic rings. The molecule has 0 aromatic heterocycles. The summed E-state index contributed by atoms with van der Waals surface area (Å²) in [6.07, 6.45) is 0.0949. The monoisotopic (exact) mass is 172 g/mol. The summed E-state index contributed by atoms with van der Waals surface area (Å²) in [5, 5.41) is 3.14. The maximum atomic E-state index is 11.0. The minimum Gasteiger partial charge on any atom is -0.381 e. The molecule has 4 heteroatoms. The molecule has 1 aliphatic rings. The fourth-order valence-electron chi connectivity index (χ4n) is 1.68. The van der Waals surface area contributed by atoms with Crippen LogP contribution in [0.4, 0.5) is 0 Å². The van der Waals surface area contributed by atoms with Gasteiger partial charge < -0.3 is 15.8 Å². The first-order valence-corrected chi connectivity index (χ1v) is 4.19. The Hall–Kier alpha value is -0.610. The third-order valence-electron chi connectivity index (χ3n) is 2.60. The molecule has 1 fully saturated rings. The van der Waals surface area contributed by atoms with Crippen molar-refractivity contribution in [1.29, 1.82) is 0 Å². The molecule has 3 atom stereocenters. The number of methoxy groups -OCH3 is 1. The molecular formula is C8H16N2O2. The van der Waals surface area contributed by atoms with Crippen LogP contribution in [-0.4, -0.2) is 32.2 Å². The lowest BCUT2D eigenvalue weighted by Crippen LogP contribution is -2.35. The van der Waals surface area contributed by atoms with Crippen molar-refractivity contribution < 1.29 is 9.53 Å². The number of hydrogen-bond acceptors (Lipinski definition) is 3. The van der Waals surface area contributed by atoms with Crippen molar-refractivity contribution in [2.24, 2.45) is 17.6 Å². The molecule has 1 aliphatic heterocycles. The van der Waals surface area contributed by atoms with Crippen molar-refractivity contribution >= 4 is 5.91 Å². The summed E-state index contributed by atoms with van der Waals surface area (Å²) >= 11 is 0. The molecular weight excluding hydrogens is 156 g/mol. The van der Waals surface area contributed by atoms with Crippen LogP contribution in [0.2, 0.25) is 0 Å². The van der Waals surface area contributed by atoms with E-state index < -0.39 is 0 Å². The number of ether oxygens (including phenoxy) is 1. The predicted octanol–water partition coefficient (Wildman–Crippen LogP) is -0.658. The molecule has 1 rings (SSSR count). The van der Waals surface area contributed by atoms with E-state index in [1.165, 1.54) is 0 Å². The van der Waals surface area contributed by atoms with Crippen molar-refractivity contribution in [3.63, 3.8) is 0 Å². The molecule has 1 amide bonds. The Balaban J connectivity index is 2.57. The Morgan fingerprint density at radius 3 is 2.83 bits per heavy atom. The van der Waals surface area contributed by atoms with E-state index in [1.54, 1.807) is 7.11 Å². The van der Waals surface area contributed by atoms with Gasteiger partial charge in [0.15, 0.2) is 0 Å². The number of nitrogens with one attached hydrogen (secondary N) is 1. The van der Waals surface area contributed by atoms with Crippen LogP contribution in [0.25, 0.3) is 0 Å². The predicted molar refractivity (Wildman–Crippen MR) is 45.5 cm³/mol. The Morgan fingerprint density at radius 2 is 2.33 bits per heavy atom. The molecule has 0 aliphatic carbocycles. The molecule has 0 bridgehead atoms. The maximum absolute atomic E-state index is 11.0. The summed E-state index contributed by atoms with van der Waals surface area (Å²) in [6, 6.07) is 0.